The molecule has 0 spiro atoms. The molecule has 0 saturated heterocycles. The fourth-order valence-electron chi connectivity index (χ4n) is 4.00. The standard InChI is InChI=1S/C14H22.C10H14.C9H20.C5H12/c1-13(2,3)11-7-9-12(10-8-11)14(4,5)6;1-10(2,3)9-7-5-4-6-8-9;1-8(2,3)7-9(4,5)6;1-5(2,3)4/h7-10H,1-6H3;4-8H,1-3H3;7H2,1-6H3;1-4H3. The van der Waals surface area contributed by atoms with Gasteiger partial charge >= 0.3 is 0 Å². The fraction of sp³-hybridized carbons (Fsp3) is 0.684. The van der Waals surface area contributed by atoms with E-state index in [0.717, 1.165) is 0 Å². The Hall–Kier alpha value is -1.56. The monoisotopic (exact) mass is 525 g/mol. The minimum Gasteiger partial charge on any atom is -0.0622 e. The van der Waals surface area contributed by atoms with Crippen LogP contribution < -0.4 is 0 Å². The summed E-state index contributed by atoms with van der Waals surface area (Å²) >= 11 is 0. The molecule has 38 heavy (non-hydrogen) atoms. The summed E-state index contributed by atoms with van der Waals surface area (Å²) in [4.78, 5) is 0. The van der Waals surface area contributed by atoms with Crippen LogP contribution in [-0.2, 0) is 16.2 Å². The van der Waals surface area contributed by atoms with Crippen LogP contribution in [0, 0.1) is 16.2 Å². The van der Waals surface area contributed by atoms with E-state index >= 15 is 0 Å². The average Bonchev–Trinajstić information content (AvgIpc) is 2.64. The van der Waals surface area contributed by atoms with E-state index in [-0.39, 0.29) is 10.8 Å². The molecule has 220 valence electrons. The summed E-state index contributed by atoms with van der Waals surface area (Å²) < 4.78 is 0. The van der Waals surface area contributed by atoms with Crippen LogP contribution in [0.3, 0.4) is 0 Å². The highest BCUT2D eigenvalue weighted by Gasteiger charge is 2.20. The molecule has 2 aromatic carbocycles. The molecule has 0 saturated carbocycles. The van der Waals surface area contributed by atoms with E-state index in [4.69, 9.17) is 0 Å². The molecule has 0 amide bonds. The Balaban J connectivity index is 0. The van der Waals surface area contributed by atoms with Crippen LogP contribution in [0.15, 0.2) is 54.6 Å². The van der Waals surface area contributed by atoms with Crippen molar-refractivity contribution in [1.82, 2.24) is 0 Å². The molecule has 0 radical (unpaired) electrons. The Bertz CT molecular complexity index is 803. The van der Waals surface area contributed by atoms with Gasteiger partial charge in [-0.2, -0.15) is 0 Å². The van der Waals surface area contributed by atoms with Gasteiger partial charge in [-0.25, -0.2) is 0 Å². The summed E-state index contributed by atoms with van der Waals surface area (Å²) in [5.74, 6) is 0. The van der Waals surface area contributed by atoms with Crippen LogP contribution in [-0.4, -0.2) is 0 Å². The van der Waals surface area contributed by atoms with Crippen LogP contribution in [0.5, 0.6) is 0 Å². The van der Waals surface area contributed by atoms with Crippen molar-refractivity contribution < 1.29 is 0 Å². The number of hydrogen-bond acceptors (Lipinski definition) is 0. The summed E-state index contributed by atoms with van der Waals surface area (Å²) in [6.07, 6.45) is 1.29. The molecule has 0 aliphatic carbocycles. The third kappa shape index (κ3) is 23.5. The molecule has 0 aliphatic heterocycles. The molecule has 0 heterocycles. The van der Waals surface area contributed by atoms with E-state index in [1.165, 1.54) is 23.1 Å². The normalized spacial score (nSPS) is 12.7. The first-order valence-electron chi connectivity index (χ1n) is 14.7. The molecule has 0 fully saturated rings. The third-order valence-electron chi connectivity index (χ3n) is 5.32. The Morgan fingerprint density at radius 3 is 0.684 bits per heavy atom. The average molecular weight is 525 g/mol. The highest BCUT2D eigenvalue weighted by Crippen LogP contribution is 2.32. The fourth-order valence-corrected chi connectivity index (χ4v) is 4.00. The number of benzene rings is 2. The van der Waals surface area contributed by atoms with Crippen LogP contribution in [0.25, 0.3) is 0 Å². The van der Waals surface area contributed by atoms with Crippen molar-refractivity contribution in [1.29, 1.82) is 0 Å². The van der Waals surface area contributed by atoms with Gasteiger partial charge in [-0.15, -0.1) is 0 Å². The van der Waals surface area contributed by atoms with Gasteiger partial charge < -0.3 is 0 Å². The lowest BCUT2D eigenvalue weighted by molar-refractivity contribution is 0.233. The van der Waals surface area contributed by atoms with E-state index in [1.54, 1.807) is 0 Å². The second-order valence-electron chi connectivity index (χ2n) is 18.0. The topological polar surface area (TPSA) is 0 Å². The van der Waals surface area contributed by atoms with Gasteiger partial charge in [0.05, 0.1) is 0 Å². The van der Waals surface area contributed by atoms with Gasteiger partial charge in [-0.05, 0) is 55.6 Å². The number of hydrogen-bond donors (Lipinski definition) is 0. The lowest BCUT2D eigenvalue weighted by atomic mass is 9.78. The SMILES string of the molecule is CC(C)(C)C.CC(C)(C)CC(C)(C)C.CC(C)(C)c1ccc(C(C)(C)C)cc1.CC(C)(C)c1ccccc1. The zero-order valence-electron chi connectivity index (χ0n) is 29.4. The largest absolute Gasteiger partial charge is 0.0622 e. The summed E-state index contributed by atoms with van der Waals surface area (Å²) in [6.45, 7) is 42.7. The molecule has 0 aromatic heterocycles. The van der Waals surface area contributed by atoms with E-state index in [0.29, 0.717) is 21.7 Å². The third-order valence-corrected chi connectivity index (χ3v) is 5.32. The van der Waals surface area contributed by atoms with Gasteiger partial charge in [0, 0.05) is 0 Å². The molecule has 0 bridgehead atoms. The van der Waals surface area contributed by atoms with Crippen LogP contribution >= 0.6 is 0 Å². The highest BCUT2D eigenvalue weighted by atomic mass is 14.3. The number of rotatable bonds is 0. The minimum atomic E-state index is 0.260. The van der Waals surface area contributed by atoms with Crippen molar-refractivity contribution in [3.05, 3.63) is 71.3 Å². The second kappa shape index (κ2) is 14.7. The molecular formula is C38H68. The smallest absolute Gasteiger partial charge is 0.0132 e. The maximum Gasteiger partial charge on any atom is -0.0132 e. The van der Waals surface area contributed by atoms with Crippen molar-refractivity contribution in [2.75, 3.05) is 0 Å². The van der Waals surface area contributed by atoms with Gasteiger partial charge in [0.1, 0.15) is 0 Å². The molecule has 0 nitrogen and oxygen atoms in total. The zero-order valence-corrected chi connectivity index (χ0v) is 29.4. The summed E-state index contributed by atoms with van der Waals surface area (Å²) in [5, 5.41) is 0. The predicted octanol–water partition coefficient (Wildman–Crippen LogP) is 12.8. The van der Waals surface area contributed by atoms with Crippen molar-refractivity contribution in [2.45, 2.75) is 154 Å². The van der Waals surface area contributed by atoms with Gasteiger partial charge in [0.2, 0.25) is 0 Å². The van der Waals surface area contributed by atoms with Crippen molar-refractivity contribution in [2.24, 2.45) is 16.2 Å². The first-order valence-corrected chi connectivity index (χ1v) is 14.7. The van der Waals surface area contributed by atoms with Gasteiger partial charge in [0.25, 0.3) is 0 Å². The van der Waals surface area contributed by atoms with E-state index < -0.39 is 0 Å². The molecule has 0 unspecified atom stereocenters. The lowest BCUT2D eigenvalue weighted by Crippen LogP contribution is -2.16. The van der Waals surface area contributed by atoms with Crippen molar-refractivity contribution in [3.63, 3.8) is 0 Å². The molecule has 0 heteroatoms. The Labute approximate surface area is 241 Å². The van der Waals surface area contributed by atoms with Crippen LogP contribution in [0.4, 0.5) is 0 Å². The minimum absolute atomic E-state index is 0.260. The quantitative estimate of drug-likeness (QED) is 0.321. The van der Waals surface area contributed by atoms with Gasteiger partial charge in [0.15, 0.2) is 0 Å². The van der Waals surface area contributed by atoms with Crippen LogP contribution in [0.2, 0.25) is 0 Å². The molecule has 2 aromatic rings. The van der Waals surface area contributed by atoms with Crippen molar-refractivity contribution in [3.8, 4) is 0 Å². The maximum absolute atomic E-state index is 2.29. The molecular weight excluding hydrogens is 456 g/mol. The highest BCUT2D eigenvalue weighted by molar-refractivity contribution is 5.31. The lowest BCUT2D eigenvalue weighted by Gasteiger charge is -2.28. The molecule has 0 aliphatic rings. The maximum atomic E-state index is 2.29. The summed E-state index contributed by atoms with van der Waals surface area (Å²) in [5.41, 5.74) is 6.50. The van der Waals surface area contributed by atoms with E-state index in [9.17, 15) is 0 Å². The first kappa shape index (κ1) is 38.6. The Morgan fingerprint density at radius 2 is 0.553 bits per heavy atom. The summed E-state index contributed by atoms with van der Waals surface area (Å²) in [6, 6.07) is 19.6. The molecule has 2 rings (SSSR count). The summed E-state index contributed by atoms with van der Waals surface area (Å²) in [7, 11) is 0. The van der Waals surface area contributed by atoms with Crippen molar-refractivity contribution >= 4 is 0 Å². The van der Waals surface area contributed by atoms with Crippen LogP contribution in [0.1, 0.15) is 155 Å². The molecule has 0 N–H and O–H groups in total. The second-order valence-corrected chi connectivity index (χ2v) is 18.0. The zero-order chi connectivity index (χ0) is 30.8. The Morgan fingerprint density at radius 1 is 0.342 bits per heavy atom. The van der Waals surface area contributed by atoms with E-state index in [1.807, 2.05) is 0 Å². The van der Waals surface area contributed by atoms with Gasteiger partial charge in [-0.1, -0.05) is 186 Å². The predicted molar refractivity (Wildman–Crippen MR) is 178 cm³/mol. The first-order chi connectivity index (χ1) is 16.5. The van der Waals surface area contributed by atoms with Gasteiger partial charge in [-0.3, -0.25) is 0 Å². The Kier molecular flexibility index (Phi) is 14.9. The molecule has 0 atom stereocenters. The van der Waals surface area contributed by atoms with E-state index in [2.05, 4.69) is 186 Å².